The fraction of sp³-hybridized carbons (Fsp3) is 0.389. The van der Waals surface area contributed by atoms with Crippen LogP contribution < -0.4 is 5.32 Å². The summed E-state index contributed by atoms with van der Waals surface area (Å²) >= 11 is 0. The van der Waals surface area contributed by atoms with E-state index in [-0.39, 0.29) is 17.7 Å². The Hall–Kier alpha value is -1.81. The first-order valence-corrected chi connectivity index (χ1v) is 7.54. The van der Waals surface area contributed by atoms with Crippen molar-refractivity contribution >= 4 is 0 Å². The lowest BCUT2D eigenvalue weighted by Gasteiger charge is -2.17. The zero-order chi connectivity index (χ0) is 16.3. The summed E-state index contributed by atoms with van der Waals surface area (Å²) in [6.45, 7) is 8.39. The van der Waals surface area contributed by atoms with E-state index in [1.165, 1.54) is 18.2 Å². The molecule has 0 spiro atoms. The summed E-state index contributed by atoms with van der Waals surface area (Å²) in [6, 6.07) is 8.07. The van der Waals surface area contributed by atoms with E-state index in [0.717, 1.165) is 5.56 Å². The summed E-state index contributed by atoms with van der Waals surface area (Å²) in [5, 5.41) is 3.25. The largest absolute Gasteiger partial charge is 0.308 e. The second-order valence-corrected chi connectivity index (χ2v) is 6.02. The number of halogens is 2. The SMILES string of the molecule is Cc1ccc(-c2ccc(F)c(CN[C@H](C)C(C)C)n2)c(F)c1. The Bertz CT molecular complexity index is 654. The highest BCUT2D eigenvalue weighted by atomic mass is 19.1. The number of nitrogens with one attached hydrogen (secondary N) is 1. The molecule has 0 aliphatic carbocycles. The molecule has 1 N–H and O–H groups in total. The average molecular weight is 304 g/mol. The van der Waals surface area contributed by atoms with Crippen molar-refractivity contribution in [1.82, 2.24) is 10.3 Å². The quantitative estimate of drug-likeness (QED) is 0.881. The Labute approximate surface area is 130 Å². The maximum Gasteiger partial charge on any atom is 0.146 e. The molecule has 0 saturated carbocycles. The van der Waals surface area contributed by atoms with E-state index in [0.29, 0.717) is 29.4 Å². The van der Waals surface area contributed by atoms with Crippen molar-refractivity contribution in [3.63, 3.8) is 0 Å². The Morgan fingerprint density at radius 3 is 2.41 bits per heavy atom. The van der Waals surface area contributed by atoms with Gasteiger partial charge in [0.15, 0.2) is 0 Å². The van der Waals surface area contributed by atoms with Gasteiger partial charge in [-0.2, -0.15) is 0 Å². The molecule has 118 valence electrons. The third-order valence-corrected chi connectivity index (χ3v) is 3.91. The molecule has 2 rings (SSSR count). The van der Waals surface area contributed by atoms with Gasteiger partial charge in [-0.25, -0.2) is 13.8 Å². The summed E-state index contributed by atoms with van der Waals surface area (Å²) in [5.74, 6) is -0.269. The fourth-order valence-corrected chi connectivity index (χ4v) is 2.08. The monoisotopic (exact) mass is 304 g/mol. The second-order valence-electron chi connectivity index (χ2n) is 6.02. The van der Waals surface area contributed by atoms with Gasteiger partial charge >= 0.3 is 0 Å². The van der Waals surface area contributed by atoms with Crippen LogP contribution in [0.15, 0.2) is 30.3 Å². The molecule has 22 heavy (non-hydrogen) atoms. The van der Waals surface area contributed by atoms with Crippen LogP contribution in [0.3, 0.4) is 0 Å². The minimum atomic E-state index is -0.375. The molecule has 2 aromatic rings. The summed E-state index contributed by atoms with van der Waals surface area (Å²) in [5.41, 5.74) is 2.00. The second kappa shape index (κ2) is 6.97. The van der Waals surface area contributed by atoms with Gasteiger partial charge in [0.2, 0.25) is 0 Å². The number of rotatable bonds is 5. The molecule has 0 amide bonds. The van der Waals surface area contributed by atoms with Crippen LogP contribution in [-0.2, 0) is 6.54 Å². The molecular formula is C18H22F2N2. The third-order valence-electron chi connectivity index (χ3n) is 3.91. The lowest BCUT2D eigenvalue weighted by Crippen LogP contribution is -2.30. The molecule has 4 heteroatoms. The van der Waals surface area contributed by atoms with Gasteiger partial charge in [-0.15, -0.1) is 0 Å². The van der Waals surface area contributed by atoms with Gasteiger partial charge in [0.1, 0.15) is 11.6 Å². The van der Waals surface area contributed by atoms with E-state index in [1.807, 2.05) is 19.9 Å². The Kier molecular flexibility index (Phi) is 5.24. The summed E-state index contributed by atoms with van der Waals surface area (Å²) in [6.07, 6.45) is 0. The van der Waals surface area contributed by atoms with Crippen LogP contribution in [0.25, 0.3) is 11.3 Å². The maximum absolute atomic E-state index is 14.0. The number of benzene rings is 1. The Morgan fingerprint density at radius 2 is 1.77 bits per heavy atom. The van der Waals surface area contributed by atoms with Crippen molar-refractivity contribution in [1.29, 1.82) is 0 Å². The van der Waals surface area contributed by atoms with E-state index < -0.39 is 0 Å². The van der Waals surface area contributed by atoms with Crippen molar-refractivity contribution in [3.8, 4) is 11.3 Å². The van der Waals surface area contributed by atoms with E-state index in [9.17, 15) is 8.78 Å². The predicted octanol–water partition coefficient (Wildman–Crippen LogP) is 4.47. The normalized spacial score (nSPS) is 12.7. The number of hydrogen-bond acceptors (Lipinski definition) is 2. The standard InChI is InChI=1S/C18H22F2N2/c1-11(2)13(4)21-10-18-15(19)7-8-17(22-18)14-6-5-12(3)9-16(14)20/h5-9,11,13,21H,10H2,1-4H3/t13-/m1/s1. The smallest absolute Gasteiger partial charge is 0.146 e. The van der Waals surface area contributed by atoms with Crippen LogP contribution in [0, 0.1) is 24.5 Å². The lowest BCUT2D eigenvalue weighted by molar-refractivity contribution is 0.418. The number of nitrogens with zero attached hydrogens (tertiary/aromatic N) is 1. The van der Waals surface area contributed by atoms with Crippen molar-refractivity contribution in [2.45, 2.75) is 40.3 Å². The Morgan fingerprint density at radius 1 is 1.05 bits per heavy atom. The first-order chi connectivity index (χ1) is 10.4. The van der Waals surface area contributed by atoms with Crippen LogP contribution in [0.1, 0.15) is 32.0 Å². The number of aryl methyl sites for hydroxylation is 1. The molecule has 0 bridgehead atoms. The first-order valence-electron chi connectivity index (χ1n) is 7.54. The molecule has 1 aromatic heterocycles. The predicted molar refractivity (Wildman–Crippen MR) is 85.5 cm³/mol. The van der Waals surface area contributed by atoms with E-state index >= 15 is 0 Å². The van der Waals surface area contributed by atoms with Crippen molar-refractivity contribution < 1.29 is 8.78 Å². The zero-order valence-corrected chi connectivity index (χ0v) is 13.5. The van der Waals surface area contributed by atoms with Gasteiger partial charge in [0, 0.05) is 18.2 Å². The van der Waals surface area contributed by atoms with Gasteiger partial charge in [-0.3, -0.25) is 0 Å². The van der Waals surface area contributed by atoms with Crippen LogP contribution in [0.4, 0.5) is 8.78 Å². The highest BCUT2D eigenvalue weighted by Crippen LogP contribution is 2.23. The molecule has 1 atom stereocenters. The minimum absolute atomic E-state index is 0.251. The van der Waals surface area contributed by atoms with Gasteiger partial charge in [-0.1, -0.05) is 19.9 Å². The van der Waals surface area contributed by atoms with Crippen molar-refractivity contribution in [2.24, 2.45) is 5.92 Å². The average Bonchev–Trinajstić information content (AvgIpc) is 2.46. The lowest BCUT2D eigenvalue weighted by atomic mass is 10.1. The van der Waals surface area contributed by atoms with Crippen LogP contribution in [0.5, 0.6) is 0 Å². The topological polar surface area (TPSA) is 24.9 Å². The highest BCUT2D eigenvalue weighted by molar-refractivity contribution is 5.60. The van der Waals surface area contributed by atoms with Gasteiger partial charge < -0.3 is 5.32 Å². The molecule has 0 saturated heterocycles. The van der Waals surface area contributed by atoms with Crippen molar-refractivity contribution in [2.75, 3.05) is 0 Å². The molecule has 0 aliphatic rings. The van der Waals surface area contributed by atoms with Crippen LogP contribution >= 0.6 is 0 Å². The van der Waals surface area contributed by atoms with Gasteiger partial charge in [-0.05, 0) is 49.6 Å². The molecule has 1 heterocycles. The third kappa shape index (κ3) is 3.89. The van der Waals surface area contributed by atoms with Gasteiger partial charge in [0.25, 0.3) is 0 Å². The van der Waals surface area contributed by atoms with E-state index in [1.54, 1.807) is 6.07 Å². The summed E-state index contributed by atoms with van der Waals surface area (Å²) < 4.78 is 27.9. The van der Waals surface area contributed by atoms with Gasteiger partial charge in [0.05, 0.1) is 11.4 Å². The van der Waals surface area contributed by atoms with E-state index in [2.05, 4.69) is 24.1 Å². The molecule has 0 aliphatic heterocycles. The summed E-state index contributed by atoms with van der Waals surface area (Å²) in [4.78, 5) is 4.29. The van der Waals surface area contributed by atoms with Crippen molar-refractivity contribution in [3.05, 3.63) is 53.2 Å². The van der Waals surface area contributed by atoms with Crippen LogP contribution in [0.2, 0.25) is 0 Å². The van der Waals surface area contributed by atoms with Crippen LogP contribution in [-0.4, -0.2) is 11.0 Å². The highest BCUT2D eigenvalue weighted by Gasteiger charge is 2.12. The molecule has 2 nitrogen and oxygen atoms in total. The summed E-state index contributed by atoms with van der Waals surface area (Å²) in [7, 11) is 0. The molecule has 1 aromatic carbocycles. The number of pyridine rings is 1. The zero-order valence-electron chi connectivity index (χ0n) is 13.5. The van der Waals surface area contributed by atoms with E-state index in [4.69, 9.17) is 0 Å². The maximum atomic E-state index is 14.0. The molecule has 0 radical (unpaired) electrons. The first kappa shape index (κ1) is 16.6. The number of hydrogen-bond donors (Lipinski definition) is 1. The Balaban J connectivity index is 2.26. The minimum Gasteiger partial charge on any atom is -0.308 e. The molecular weight excluding hydrogens is 282 g/mol. The number of aromatic nitrogens is 1. The fourth-order valence-electron chi connectivity index (χ4n) is 2.08. The molecule has 0 fully saturated rings. The molecule has 0 unspecified atom stereocenters.